The van der Waals surface area contributed by atoms with Crippen molar-refractivity contribution in [2.24, 2.45) is 0 Å². The molecule has 1 atom stereocenters. The second-order valence-electron chi connectivity index (χ2n) is 6.20. The molecule has 6 heteroatoms. The summed E-state index contributed by atoms with van der Waals surface area (Å²) < 4.78 is 0. The number of piperazine rings is 1. The van der Waals surface area contributed by atoms with Gasteiger partial charge in [0.2, 0.25) is 5.91 Å². The molecule has 1 aromatic heterocycles. The van der Waals surface area contributed by atoms with Gasteiger partial charge in [-0.25, -0.2) is 0 Å². The minimum Gasteiger partial charge on any atom is -0.352 e. The number of nitrogens with one attached hydrogen (secondary N) is 2. The van der Waals surface area contributed by atoms with Crippen molar-refractivity contribution in [1.29, 1.82) is 0 Å². The number of rotatable bonds is 2. The van der Waals surface area contributed by atoms with E-state index >= 15 is 0 Å². The number of hydrogen-bond acceptors (Lipinski definition) is 3. The van der Waals surface area contributed by atoms with Crippen molar-refractivity contribution >= 4 is 22.6 Å². The van der Waals surface area contributed by atoms with Gasteiger partial charge in [-0.2, -0.15) is 0 Å². The summed E-state index contributed by atoms with van der Waals surface area (Å²) in [5.41, 5.74) is 0.606. The monoisotopic (exact) mass is 347 g/mol. The fourth-order valence-corrected chi connectivity index (χ4v) is 3.33. The number of carbonyl (C=O) groups is 2. The number of aromatic nitrogens is 1. The van der Waals surface area contributed by atoms with Gasteiger partial charge in [0.25, 0.3) is 11.5 Å². The maximum absolute atomic E-state index is 13.1. The van der Waals surface area contributed by atoms with Crippen molar-refractivity contribution in [2.75, 3.05) is 13.1 Å². The number of amides is 2. The highest BCUT2D eigenvalue weighted by Gasteiger charge is 2.35. The fourth-order valence-electron chi connectivity index (χ4n) is 3.33. The Balaban J connectivity index is 1.76. The van der Waals surface area contributed by atoms with Crippen LogP contribution in [0.2, 0.25) is 0 Å². The lowest BCUT2D eigenvalue weighted by Crippen LogP contribution is -2.52. The smallest absolute Gasteiger partial charge is 0.271 e. The van der Waals surface area contributed by atoms with Crippen LogP contribution in [0.3, 0.4) is 0 Å². The highest BCUT2D eigenvalue weighted by molar-refractivity contribution is 5.99. The Labute approximate surface area is 149 Å². The zero-order valence-electron chi connectivity index (χ0n) is 13.9. The molecule has 2 heterocycles. The van der Waals surface area contributed by atoms with Crippen LogP contribution in [0.1, 0.15) is 22.1 Å². The maximum atomic E-state index is 13.1. The topological polar surface area (TPSA) is 82.3 Å². The third-order valence-electron chi connectivity index (χ3n) is 4.57. The first kappa shape index (κ1) is 16.1. The van der Waals surface area contributed by atoms with E-state index in [2.05, 4.69) is 10.3 Å². The molecule has 4 rings (SSSR count). The normalized spacial score (nSPS) is 17.2. The number of hydrogen-bond donors (Lipinski definition) is 2. The van der Waals surface area contributed by atoms with Gasteiger partial charge in [-0.1, -0.05) is 48.5 Å². The molecule has 0 unspecified atom stereocenters. The number of fused-ring (bicyclic) bond motifs is 1. The second-order valence-corrected chi connectivity index (χ2v) is 6.20. The summed E-state index contributed by atoms with van der Waals surface area (Å²) in [6, 6.07) is 17.2. The summed E-state index contributed by atoms with van der Waals surface area (Å²) in [5.74, 6) is -0.588. The molecule has 130 valence electrons. The third kappa shape index (κ3) is 2.75. The maximum Gasteiger partial charge on any atom is 0.271 e. The van der Waals surface area contributed by atoms with Crippen LogP contribution >= 0.6 is 0 Å². The lowest BCUT2D eigenvalue weighted by atomic mass is 10.0. The lowest BCUT2D eigenvalue weighted by molar-refractivity contribution is -0.128. The van der Waals surface area contributed by atoms with E-state index in [1.165, 1.54) is 4.90 Å². The Morgan fingerprint density at radius 3 is 2.54 bits per heavy atom. The molecule has 0 radical (unpaired) electrons. The number of carbonyl (C=O) groups excluding carboxylic acids is 2. The van der Waals surface area contributed by atoms with Crippen molar-refractivity contribution < 1.29 is 9.59 Å². The number of aromatic amines is 1. The molecular weight excluding hydrogens is 330 g/mol. The van der Waals surface area contributed by atoms with Crippen LogP contribution in [-0.2, 0) is 4.79 Å². The molecule has 6 nitrogen and oxygen atoms in total. The van der Waals surface area contributed by atoms with Gasteiger partial charge in [-0.3, -0.25) is 14.4 Å². The van der Waals surface area contributed by atoms with Crippen LogP contribution in [0.15, 0.2) is 65.5 Å². The molecule has 2 aromatic carbocycles. The molecule has 2 amide bonds. The third-order valence-corrected chi connectivity index (χ3v) is 4.57. The molecule has 0 aliphatic carbocycles. The van der Waals surface area contributed by atoms with Crippen LogP contribution in [0, 0.1) is 0 Å². The van der Waals surface area contributed by atoms with Gasteiger partial charge in [-0.05, 0) is 23.1 Å². The fraction of sp³-hybridized carbons (Fsp3) is 0.150. The van der Waals surface area contributed by atoms with E-state index < -0.39 is 6.04 Å². The average molecular weight is 347 g/mol. The molecule has 2 N–H and O–H groups in total. The Hall–Kier alpha value is -3.41. The molecule has 0 bridgehead atoms. The SMILES string of the molecule is O=C1NCCN(C(=O)c2cc3ccccc3c(=O)[nH]2)[C@@H]1c1ccccc1. The molecule has 3 aromatic rings. The largest absolute Gasteiger partial charge is 0.352 e. The lowest BCUT2D eigenvalue weighted by Gasteiger charge is -2.35. The summed E-state index contributed by atoms with van der Waals surface area (Å²) in [6.07, 6.45) is 0. The molecule has 1 saturated heterocycles. The van der Waals surface area contributed by atoms with Crippen LogP contribution in [0.5, 0.6) is 0 Å². The van der Waals surface area contributed by atoms with E-state index in [1.54, 1.807) is 24.3 Å². The van der Waals surface area contributed by atoms with E-state index in [0.717, 1.165) is 5.56 Å². The minimum atomic E-state index is -0.715. The molecule has 1 aliphatic rings. The first-order valence-electron chi connectivity index (χ1n) is 8.41. The number of pyridine rings is 1. The first-order chi connectivity index (χ1) is 12.6. The highest BCUT2D eigenvalue weighted by Crippen LogP contribution is 2.25. The number of H-pyrrole nitrogens is 1. The van der Waals surface area contributed by atoms with Crippen LogP contribution in [0.25, 0.3) is 10.8 Å². The highest BCUT2D eigenvalue weighted by atomic mass is 16.2. The molecule has 0 saturated carbocycles. The van der Waals surface area contributed by atoms with E-state index in [0.29, 0.717) is 23.9 Å². The first-order valence-corrected chi connectivity index (χ1v) is 8.41. The van der Waals surface area contributed by atoms with Gasteiger partial charge in [0.15, 0.2) is 0 Å². The van der Waals surface area contributed by atoms with E-state index in [4.69, 9.17) is 0 Å². The molecule has 1 fully saturated rings. The quantitative estimate of drug-likeness (QED) is 0.742. The van der Waals surface area contributed by atoms with Crippen molar-refractivity contribution in [3.63, 3.8) is 0 Å². The average Bonchev–Trinajstić information content (AvgIpc) is 2.68. The molecule has 1 aliphatic heterocycles. The molecular formula is C20H17N3O3. The summed E-state index contributed by atoms with van der Waals surface area (Å²) >= 11 is 0. The zero-order chi connectivity index (χ0) is 18.1. The van der Waals surface area contributed by atoms with Gasteiger partial charge < -0.3 is 15.2 Å². The van der Waals surface area contributed by atoms with E-state index in [-0.39, 0.29) is 23.1 Å². The Morgan fingerprint density at radius 1 is 1.00 bits per heavy atom. The predicted octanol–water partition coefficient (Wildman–Crippen LogP) is 1.84. The zero-order valence-corrected chi connectivity index (χ0v) is 13.9. The van der Waals surface area contributed by atoms with Gasteiger partial charge in [0.05, 0.1) is 0 Å². The Bertz CT molecular complexity index is 1040. The van der Waals surface area contributed by atoms with Crippen LogP contribution in [-0.4, -0.2) is 34.8 Å². The van der Waals surface area contributed by atoms with Gasteiger partial charge >= 0.3 is 0 Å². The molecule has 0 spiro atoms. The standard InChI is InChI=1S/C20H17N3O3/c24-18-15-9-5-4-8-14(15)12-16(22-18)20(26)23-11-10-21-19(25)17(23)13-6-2-1-3-7-13/h1-9,12,17H,10-11H2,(H,21,25)(H,22,24)/t17-/m1/s1. The Kier molecular flexibility index (Phi) is 4.01. The van der Waals surface area contributed by atoms with Crippen molar-refractivity contribution in [3.05, 3.63) is 82.3 Å². The summed E-state index contributed by atoms with van der Waals surface area (Å²) in [4.78, 5) is 42.0. The minimum absolute atomic E-state index is 0.185. The number of nitrogens with zero attached hydrogens (tertiary/aromatic N) is 1. The van der Waals surface area contributed by atoms with Crippen LogP contribution in [0.4, 0.5) is 0 Å². The predicted molar refractivity (Wildman–Crippen MR) is 97.8 cm³/mol. The van der Waals surface area contributed by atoms with Gasteiger partial charge in [0, 0.05) is 18.5 Å². The molecule has 26 heavy (non-hydrogen) atoms. The van der Waals surface area contributed by atoms with Crippen molar-refractivity contribution in [3.8, 4) is 0 Å². The van der Waals surface area contributed by atoms with Crippen molar-refractivity contribution in [2.45, 2.75) is 6.04 Å². The summed E-state index contributed by atoms with van der Waals surface area (Å²) in [5, 5.41) is 4.02. The Morgan fingerprint density at radius 2 is 1.73 bits per heavy atom. The van der Waals surface area contributed by atoms with E-state index in [9.17, 15) is 14.4 Å². The summed E-state index contributed by atoms with van der Waals surface area (Å²) in [6.45, 7) is 0.755. The van der Waals surface area contributed by atoms with E-state index in [1.807, 2.05) is 36.4 Å². The summed E-state index contributed by atoms with van der Waals surface area (Å²) in [7, 11) is 0. The van der Waals surface area contributed by atoms with Gasteiger partial charge in [0.1, 0.15) is 11.7 Å². The second kappa shape index (κ2) is 6.48. The van der Waals surface area contributed by atoms with Crippen LogP contribution < -0.4 is 10.9 Å². The van der Waals surface area contributed by atoms with Crippen molar-refractivity contribution in [1.82, 2.24) is 15.2 Å². The number of benzene rings is 2. The van der Waals surface area contributed by atoms with Gasteiger partial charge in [-0.15, -0.1) is 0 Å².